The molecule has 0 saturated carbocycles. The summed E-state index contributed by atoms with van der Waals surface area (Å²) in [5.41, 5.74) is 6.81. The molecule has 0 amide bonds. The summed E-state index contributed by atoms with van der Waals surface area (Å²) in [6.07, 6.45) is 0.991. The van der Waals surface area contributed by atoms with Crippen LogP contribution in [0.2, 0.25) is 0 Å². The van der Waals surface area contributed by atoms with E-state index in [9.17, 15) is 0 Å². The number of nitrogens with one attached hydrogen (secondary N) is 1. The van der Waals surface area contributed by atoms with Gasteiger partial charge in [0, 0.05) is 18.2 Å². The second-order valence-corrected chi connectivity index (χ2v) is 4.57. The minimum atomic E-state index is 0.304. The number of benzene rings is 1. The molecule has 5 nitrogen and oxygen atoms in total. The molecule has 1 aromatic carbocycles. The smallest absolute Gasteiger partial charge is 0.163 e. The Morgan fingerprint density at radius 3 is 2.79 bits per heavy atom. The van der Waals surface area contributed by atoms with E-state index < -0.39 is 0 Å². The maximum Gasteiger partial charge on any atom is 0.163 e. The molecule has 1 atom stereocenters. The highest BCUT2D eigenvalue weighted by atomic mass is 16.5. The summed E-state index contributed by atoms with van der Waals surface area (Å²) in [5.74, 6) is 1.86. The second kappa shape index (κ2) is 5.24. The molecule has 0 bridgehead atoms. The first-order chi connectivity index (χ1) is 9.31. The molecule has 2 aromatic rings. The molecule has 1 aliphatic heterocycles. The van der Waals surface area contributed by atoms with E-state index in [0.717, 1.165) is 24.4 Å². The Kier molecular flexibility index (Phi) is 3.29. The third-order valence-electron chi connectivity index (χ3n) is 3.06. The minimum absolute atomic E-state index is 0.304. The zero-order valence-corrected chi connectivity index (χ0v) is 10.5. The average molecular weight is 256 g/mol. The summed E-state index contributed by atoms with van der Waals surface area (Å²) < 4.78 is 5.34. The van der Waals surface area contributed by atoms with Crippen molar-refractivity contribution in [1.82, 2.24) is 9.97 Å². The molecule has 2 heterocycles. The number of nitrogens with zero attached hydrogens (tertiary/aromatic N) is 2. The predicted octanol–water partition coefficient (Wildman–Crippen LogP) is 1.93. The van der Waals surface area contributed by atoms with Gasteiger partial charge in [-0.15, -0.1) is 0 Å². The second-order valence-electron chi connectivity index (χ2n) is 4.57. The number of nitrogen functional groups attached to an aromatic ring is 1. The quantitative estimate of drug-likeness (QED) is 0.877. The van der Waals surface area contributed by atoms with E-state index in [1.165, 1.54) is 0 Å². The Labute approximate surface area is 111 Å². The molecule has 0 aliphatic carbocycles. The number of ether oxygens (including phenoxy) is 1. The van der Waals surface area contributed by atoms with Crippen LogP contribution in [0.25, 0.3) is 11.4 Å². The van der Waals surface area contributed by atoms with E-state index >= 15 is 0 Å². The average Bonchev–Trinajstić information content (AvgIpc) is 2.92. The fraction of sp³-hybridized carbons (Fsp3) is 0.286. The summed E-state index contributed by atoms with van der Waals surface area (Å²) in [7, 11) is 0. The van der Waals surface area contributed by atoms with Crippen LogP contribution < -0.4 is 11.1 Å². The molecule has 1 unspecified atom stereocenters. The van der Waals surface area contributed by atoms with Crippen LogP contribution in [0.4, 0.5) is 11.6 Å². The van der Waals surface area contributed by atoms with Gasteiger partial charge in [0.2, 0.25) is 0 Å². The van der Waals surface area contributed by atoms with Crippen LogP contribution in [-0.2, 0) is 4.74 Å². The number of rotatable bonds is 3. The van der Waals surface area contributed by atoms with Gasteiger partial charge in [-0.05, 0) is 6.42 Å². The lowest BCUT2D eigenvalue weighted by Crippen LogP contribution is -2.20. The summed E-state index contributed by atoms with van der Waals surface area (Å²) in [4.78, 5) is 8.78. The molecule has 3 N–H and O–H groups in total. The Hall–Kier alpha value is -2.14. The minimum Gasteiger partial charge on any atom is -0.384 e. The van der Waals surface area contributed by atoms with E-state index in [0.29, 0.717) is 24.3 Å². The molecule has 1 fully saturated rings. The van der Waals surface area contributed by atoms with Crippen LogP contribution in [0.15, 0.2) is 36.4 Å². The van der Waals surface area contributed by atoms with Gasteiger partial charge in [-0.25, -0.2) is 9.97 Å². The van der Waals surface area contributed by atoms with Crippen LogP contribution >= 0.6 is 0 Å². The predicted molar refractivity (Wildman–Crippen MR) is 74.7 cm³/mol. The number of anilines is 2. The molecule has 1 aromatic heterocycles. The van der Waals surface area contributed by atoms with Crippen molar-refractivity contribution in [2.45, 2.75) is 12.5 Å². The van der Waals surface area contributed by atoms with Crippen molar-refractivity contribution in [3.05, 3.63) is 36.4 Å². The molecule has 0 radical (unpaired) electrons. The SMILES string of the molecule is Nc1cc(NC2CCOC2)nc(-c2ccccc2)n1. The molecule has 19 heavy (non-hydrogen) atoms. The van der Waals surface area contributed by atoms with Crippen molar-refractivity contribution in [2.24, 2.45) is 0 Å². The molecular formula is C14H16N4O. The number of hydrogen-bond donors (Lipinski definition) is 2. The van der Waals surface area contributed by atoms with Crippen LogP contribution in [0.5, 0.6) is 0 Å². The first kappa shape index (κ1) is 11.9. The maximum atomic E-state index is 5.85. The summed E-state index contributed by atoms with van der Waals surface area (Å²) in [6.45, 7) is 1.51. The molecule has 0 spiro atoms. The van der Waals surface area contributed by atoms with Crippen LogP contribution in [-0.4, -0.2) is 29.2 Å². The first-order valence-corrected chi connectivity index (χ1v) is 6.35. The van der Waals surface area contributed by atoms with Gasteiger partial charge in [0.1, 0.15) is 11.6 Å². The van der Waals surface area contributed by atoms with E-state index in [1.807, 2.05) is 30.3 Å². The van der Waals surface area contributed by atoms with E-state index in [4.69, 9.17) is 10.5 Å². The lowest BCUT2D eigenvalue weighted by molar-refractivity contribution is 0.195. The van der Waals surface area contributed by atoms with Crippen molar-refractivity contribution in [3.8, 4) is 11.4 Å². The van der Waals surface area contributed by atoms with Gasteiger partial charge in [-0.2, -0.15) is 0 Å². The standard InChI is InChI=1S/C14H16N4O/c15-12-8-13(16-11-6-7-19-9-11)18-14(17-12)10-4-2-1-3-5-10/h1-5,8,11H,6-7,9H2,(H3,15,16,17,18). The Balaban J connectivity index is 1.87. The lowest BCUT2D eigenvalue weighted by atomic mass is 10.2. The maximum absolute atomic E-state index is 5.85. The molecular weight excluding hydrogens is 240 g/mol. The van der Waals surface area contributed by atoms with Gasteiger partial charge >= 0.3 is 0 Å². The largest absolute Gasteiger partial charge is 0.384 e. The van der Waals surface area contributed by atoms with Gasteiger partial charge in [0.25, 0.3) is 0 Å². The topological polar surface area (TPSA) is 73.1 Å². The molecule has 1 saturated heterocycles. The van der Waals surface area contributed by atoms with Crippen LogP contribution in [0.3, 0.4) is 0 Å². The monoisotopic (exact) mass is 256 g/mol. The molecule has 3 rings (SSSR count). The van der Waals surface area contributed by atoms with Crippen molar-refractivity contribution in [3.63, 3.8) is 0 Å². The summed E-state index contributed by atoms with van der Waals surface area (Å²) in [6, 6.07) is 11.9. The van der Waals surface area contributed by atoms with E-state index in [2.05, 4.69) is 15.3 Å². The summed E-state index contributed by atoms with van der Waals surface area (Å²) in [5, 5.41) is 3.34. The molecule has 1 aliphatic rings. The van der Waals surface area contributed by atoms with Crippen molar-refractivity contribution in [2.75, 3.05) is 24.3 Å². The van der Waals surface area contributed by atoms with E-state index in [1.54, 1.807) is 6.07 Å². The fourth-order valence-electron chi connectivity index (χ4n) is 2.11. The highest BCUT2D eigenvalue weighted by molar-refractivity contribution is 5.60. The number of hydrogen-bond acceptors (Lipinski definition) is 5. The van der Waals surface area contributed by atoms with Crippen LogP contribution in [0, 0.1) is 0 Å². The highest BCUT2D eigenvalue weighted by Crippen LogP contribution is 2.20. The van der Waals surface area contributed by atoms with Gasteiger partial charge < -0.3 is 15.8 Å². The van der Waals surface area contributed by atoms with Gasteiger partial charge in [-0.1, -0.05) is 30.3 Å². The number of nitrogens with two attached hydrogens (primary N) is 1. The van der Waals surface area contributed by atoms with Crippen molar-refractivity contribution in [1.29, 1.82) is 0 Å². The molecule has 5 heteroatoms. The van der Waals surface area contributed by atoms with Crippen molar-refractivity contribution >= 4 is 11.6 Å². The zero-order valence-electron chi connectivity index (χ0n) is 10.5. The number of aromatic nitrogens is 2. The van der Waals surface area contributed by atoms with E-state index in [-0.39, 0.29) is 0 Å². The van der Waals surface area contributed by atoms with Gasteiger partial charge in [0.05, 0.1) is 12.6 Å². The summed E-state index contributed by atoms with van der Waals surface area (Å²) >= 11 is 0. The van der Waals surface area contributed by atoms with Gasteiger partial charge in [-0.3, -0.25) is 0 Å². The third-order valence-corrected chi connectivity index (χ3v) is 3.06. The normalized spacial score (nSPS) is 18.4. The first-order valence-electron chi connectivity index (χ1n) is 6.35. The fourth-order valence-corrected chi connectivity index (χ4v) is 2.11. The van der Waals surface area contributed by atoms with Crippen molar-refractivity contribution < 1.29 is 4.74 Å². The Morgan fingerprint density at radius 2 is 2.05 bits per heavy atom. The Morgan fingerprint density at radius 1 is 1.21 bits per heavy atom. The van der Waals surface area contributed by atoms with Gasteiger partial charge in [0.15, 0.2) is 5.82 Å². The lowest BCUT2D eigenvalue weighted by Gasteiger charge is -2.12. The third kappa shape index (κ3) is 2.82. The zero-order chi connectivity index (χ0) is 13.1. The Bertz CT molecular complexity index is 553. The van der Waals surface area contributed by atoms with Crippen LogP contribution in [0.1, 0.15) is 6.42 Å². The molecule has 98 valence electrons. The highest BCUT2D eigenvalue weighted by Gasteiger charge is 2.16.